The fraction of sp³-hybridized carbons (Fsp3) is 0.105. The first-order valence-corrected chi connectivity index (χ1v) is 8.76. The fourth-order valence-electron chi connectivity index (χ4n) is 2.88. The SMILES string of the molecule is O=C(c1ccc(Nc2ccc(Br)cc2)nn1)N1CCc2ccccc21. The maximum atomic E-state index is 12.7. The zero-order chi connectivity index (χ0) is 17.2. The topological polar surface area (TPSA) is 58.1 Å². The molecule has 124 valence electrons. The summed E-state index contributed by atoms with van der Waals surface area (Å²) in [7, 11) is 0. The van der Waals surface area contributed by atoms with Crippen LogP contribution >= 0.6 is 15.9 Å². The van der Waals surface area contributed by atoms with E-state index in [0.717, 1.165) is 22.3 Å². The smallest absolute Gasteiger partial charge is 0.278 e. The Labute approximate surface area is 153 Å². The molecule has 0 radical (unpaired) electrons. The molecular formula is C19H15BrN4O. The van der Waals surface area contributed by atoms with Crippen molar-refractivity contribution < 1.29 is 4.79 Å². The molecule has 1 aromatic heterocycles. The third kappa shape index (κ3) is 3.25. The van der Waals surface area contributed by atoms with Crippen LogP contribution in [0.4, 0.5) is 17.2 Å². The molecular weight excluding hydrogens is 380 g/mol. The number of rotatable bonds is 3. The van der Waals surface area contributed by atoms with Gasteiger partial charge in [0.25, 0.3) is 5.91 Å². The lowest BCUT2D eigenvalue weighted by molar-refractivity contribution is 0.0983. The summed E-state index contributed by atoms with van der Waals surface area (Å²) in [5.41, 5.74) is 3.41. The van der Waals surface area contributed by atoms with E-state index in [1.165, 1.54) is 5.56 Å². The van der Waals surface area contributed by atoms with Crippen molar-refractivity contribution in [2.45, 2.75) is 6.42 Å². The van der Waals surface area contributed by atoms with Crippen molar-refractivity contribution in [1.82, 2.24) is 10.2 Å². The quantitative estimate of drug-likeness (QED) is 0.723. The van der Waals surface area contributed by atoms with Crippen molar-refractivity contribution in [3.8, 4) is 0 Å². The van der Waals surface area contributed by atoms with Crippen molar-refractivity contribution >= 4 is 39.0 Å². The number of nitrogens with zero attached hydrogens (tertiary/aromatic N) is 3. The number of anilines is 3. The Hall–Kier alpha value is -2.73. The molecule has 1 amide bonds. The second kappa shape index (κ2) is 6.64. The van der Waals surface area contributed by atoms with Crippen LogP contribution in [0.3, 0.4) is 0 Å². The molecule has 0 atom stereocenters. The molecule has 3 aromatic rings. The highest BCUT2D eigenvalue weighted by Gasteiger charge is 2.26. The van der Waals surface area contributed by atoms with Crippen LogP contribution in [0.2, 0.25) is 0 Å². The average Bonchev–Trinajstić information content (AvgIpc) is 3.08. The number of amides is 1. The number of nitrogens with one attached hydrogen (secondary N) is 1. The molecule has 0 spiro atoms. The summed E-state index contributed by atoms with van der Waals surface area (Å²) in [5, 5.41) is 11.4. The van der Waals surface area contributed by atoms with E-state index in [1.807, 2.05) is 42.5 Å². The van der Waals surface area contributed by atoms with Crippen molar-refractivity contribution in [3.05, 3.63) is 76.4 Å². The fourth-order valence-corrected chi connectivity index (χ4v) is 3.15. The summed E-state index contributed by atoms with van der Waals surface area (Å²) in [6.45, 7) is 0.679. The van der Waals surface area contributed by atoms with Crippen LogP contribution < -0.4 is 10.2 Å². The van der Waals surface area contributed by atoms with E-state index >= 15 is 0 Å². The van der Waals surface area contributed by atoms with Crippen LogP contribution in [0, 0.1) is 0 Å². The number of aromatic nitrogens is 2. The lowest BCUT2D eigenvalue weighted by atomic mass is 10.2. The first-order chi connectivity index (χ1) is 12.2. The maximum Gasteiger partial charge on any atom is 0.278 e. The lowest BCUT2D eigenvalue weighted by Gasteiger charge is -2.16. The standard InChI is InChI=1S/C19H15BrN4O/c20-14-5-7-15(8-6-14)21-18-10-9-16(22-23-18)19(25)24-12-11-13-3-1-2-4-17(13)24/h1-10H,11-12H2,(H,21,23). The summed E-state index contributed by atoms with van der Waals surface area (Å²) in [4.78, 5) is 14.5. The number of hydrogen-bond acceptors (Lipinski definition) is 4. The first-order valence-electron chi connectivity index (χ1n) is 7.97. The maximum absolute atomic E-state index is 12.7. The van der Waals surface area contributed by atoms with Crippen molar-refractivity contribution in [1.29, 1.82) is 0 Å². The van der Waals surface area contributed by atoms with Crippen molar-refractivity contribution in [2.24, 2.45) is 0 Å². The molecule has 0 unspecified atom stereocenters. The normalized spacial score (nSPS) is 12.8. The molecule has 0 fully saturated rings. The van der Waals surface area contributed by atoms with E-state index in [1.54, 1.807) is 17.0 Å². The van der Waals surface area contributed by atoms with Crippen LogP contribution in [0.25, 0.3) is 0 Å². The lowest BCUT2D eigenvalue weighted by Crippen LogP contribution is -2.29. The Kier molecular flexibility index (Phi) is 4.19. The summed E-state index contributed by atoms with van der Waals surface area (Å²) < 4.78 is 1.01. The van der Waals surface area contributed by atoms with Crippen LogP contribution in [0.15, 0.2) is 65.1 Å². The number of hydrogen-bond donors (Lipinski definition) is 1. The van der Waals surface area contributed by atoms with Crippen molar-refractivity contribution in [3.63, 3.8) is 0 Å². The average molecular weight is 395 g/mol. The first kappa shape index (κ1) is 15.8. The zero-order valence-electron chi connectivity index (χ0n) is 13.3. The minimum Gasteiger partial charge on any atom is -0.339 e. The Morgan fingerprint density at radius 1 is 1.00 bits per heavy atom. The third-order valence-electron chi connectivity index (χ3n) is 4.13. The molecule has 5 nitrogen and oxygen atoms in total. The van der Waals surface area contributed by atoms with Gasteiger partial charge in [0.05, 0.1) is 0 Å². The number of fused-ring (bicyclic) bond motifs is 1. The van der Waals surface area contributed by atoms with Gasteiger partial charge in [0.2, 0.25) is 0 Å². The molecule has 0 aliphatic carbocycles. The summed E-state index contributed by atoms with van der Waals surface area (Å²) in [6.07, 6.45) is 0.874. The van der Waals surface area contributed by atoms with E-state index in [9.17, 15) is 4.79 Å². The second-order valence-electron chi connectivity index (χ2n) is 5.77. The molecule has 2 heterocycles. The van der Waals surface area contributed by atoms with E-state index < -0.39 is 0 Å². The highest BCUT2D eigenvalue weighted by Crippen LogP contribution is 2.28. The van der Waals surface area contributed by atoms with Crippen LogP contribution in [-0.4, -0.2) is 22.6 Å². The Balaban J connectivity index is 1.50. The Morgan fingerprint density at radius 3 is 2.56 bits per heavy atom. The molecule has 0 saturated heterocycles. The molecule has 0 bridgehead atoms. The molecule has 1 aliphatic rings. The second-order valence-corrected chi connectivity index (χ2v) is 6.69. The molecule has 1 aliphatic heterocycles. The number of carbonyl (C=O) groups excluding carboxylic acids is 1. The van der Waals surface area contributed by atoms with Gasteiger partial charge in [-0.3, -0.25) is 4.79 Å². The van der Waals surface area contributed by atoms with Gasteiger partial charge >= 0.3 is 0 Å². The highest BCUT2D eigenvalue weighted by atomic mass is 79.9. The van der Waals surface area contributed by atoms with Gasteiger partial charge in [0.15, 0.2) is 11.5 Å². The molecule has 25 heavy (non-hydrogen) atoms. The number of carbonyl (C=O) groups is 1. The number of halogens is 1. The van der Waals surface area contributed by atoms with E-state index in [2.05, 4.69) is 37.5 Å². The third-order valence-corrected chi connectivity index (χ3v) is 4.66. The van der Waals surface area contributed by atoms with Gasteiger partial charge in [-0.25, -0.2) is 0 Å². The van der Waals surface area contributed by atoms with Gasteiger partial charge in [0, 0.05) is 22.4 Å². The monoisotopic (exact) mass is 394 g/mol. The largest absolute Gasteiger partial charge is 0.339 e. The highest BCUT2D eigenvalue weighted by molar-refractivity contribution is 9.10. The van der Waals surface area contributed by atoms with Gasteiger partial charge in [-0.1, -0.05) is 34.1 Å². The van der Waals surface area contributed by atoms with Gasteiger partial charge in [0.1, 0.15) is 0 Å². The molecule has 6 heteroatoms. The zero-order valence-corrected chi connectivity index (χ0v) is 14.9. The van der Waals surface area contributed by atoms with Crippen LogP contribution in [-0.2, 0) is 6.42 Å². The number of benzene rings is 2. The van der Waals surface area contributed by atoms with E-state index in [4.69, 9.17) is 0 Å². The molecule has 2 aromatic carbocycles. The van der Waals surface area contributed by atoms with Gasteiger partial charge < -0.3 is 10.2 Å². The van der Waals surface area contributed by atoms with Crippen molar-refractivity contribution in [2.75, 3.05) is 16.8 Å². The summed E-state index contributed by atoms with van der Waals surface area (Å²) in [5.74, 6) is 0.480. The predicted molar refractivity (Wildman–Crippen MR) is 101 cm³/mol. The summed E-state index contributed by atoms with van der Waals surface area (Å²) in [6, 6.07) is 19.2. The molecule has 0 saturated carbocycles. The van der Waals surface area contributed by atoms with Gasteiger partial charge in [-0.2, -0.15) is 0 Å². The van der Waals surface area contributed by atoms with E-state index in [0.29, 0.717) is 18.1 Å². The number of para-hydroxylation sites is 1. The predicted octanol–water partition coefficient (Wildman–Crippen LogP) is 4.19. The minimum absolute atomic E-state index is 0.118. The molecule has 4 rings (SSSR count). The van der Waals surface area contributed by atoms with Gasteiger partial charge in [-0.15, -0.1) is 10.2 Å². The Bertz CT molecular complexity index is 909. The van der Waals surface area contributed by atoms with Gasteiger partial charge in [-0.05, 0) is 54.4 Å². The summed E-state index contributed by atoms with van der Waals surface area (Å²) >= 11 is 3.40. The van der Waals surface area contributed by atoms with E-state index in [-0.39, 0.29) is 5.91 Å². The Morgan fingerprint density at radius 2 is 1.80 bits per heavy atom. The minimum atomic E-state index is -0.118. The molecule has 1 N–H and O–H groups in total. The van der Waals surface area contributed by atoms with Crippen LogP contribution in [0.1, 0.15) is 16.1 Å². The van der Waals surface area contributed by atoms with Crippen LogP contribution in [0.5, 0.6) is 0 Å².